The standard InChI is InChI=1S/C15H16ClN3O2/c1-9(15(21)19(2)3)17-14(20)13-8-11(16)10-6-4-5-7-12(10)18-13/h4-9H,1-3H3,(H,17,20). The fourth-order valence-electron chi connectivity index (χ4n) is 1.97. The fourth-order valence-corrected chi connectivity index (χ4v) is 2.23. The number of pyridine rings is 1. The molecule has 110 valence electrons. The molecule has 0 spiro atoms. The molecule has 5 nitrogen and oxygen atoms in total. The molecule has 0 aliphatic heterocycles. The zero-order valence-corrected chi connectivity index (χ0v) is 12.8. The van der Waals surface area contributed by atoms with Crippen LogP contribution in [-0.2, 0) is 4.79 Å². The molecule has 0 aliphatic rings. The predicted octanol–water partition coefficient (Wildman–Crippen LogP) is 2.09. The van der Waals surface area contributed by atoms with Crippen molar-refractivity contribution in [1.82, 2.24) is 15.2 Å². The molecule has 1 atom stereocenters. The minimum Gasteiger partial charge on any atom is -0.347 e. The largest absolute Gasteiger partial charge is 0.347 e. The number of nitrogens with one attached hydrogen (secondary N) is 1. The van der Waals surface area contributed by atoms with E-state index in [0.717, 1.165) is 5.39 Å². The molecule has 1 aromatic heterocycles. The van der Waals surface area contributed by atoms with Crippen LogP contribution in [0.1, 0.15) is 17.4 Å². The Bertz CT molecular complexity index is 700. The number of benzene rings is 1. The topological polar surface area (TPSA) is 62.3 Å². The van der Waals surface area contributed by atoms with Crippen LogP contribution in [0.5, 0.6) is 0 Å². The van der Waals surface area contributed by atoms with E-state index in [9.17, 15) is 9.59 Å². The van der Waals surface area contributed by atoms with E-state index in [1.54, 1.807) is 27.1 Å². The van der Waals surface area contributed by atoms with Gasteiger partial charge < -0.3 is 10.2 Å². The Labute approximate surface area is 127 Å². The van der Waals surface area contributed by atoms with Gasteiger partial charge in [0.15, 0.2) is 0 Å². The van der Waals surface area contributed by atoms with E-state index in [2.05, 4.69) is 10.3 Å². The molecule has 2 aromatic rings. The number of rotatable bonds is 3. The number of fused-ring (bicyclic) bond motifs is 1. The quantitative estimate of drug-likeness (QED) is 0.944. The smallest absolute Gasteiger partial charge is 0.270 e. The van der Waals surface area contributed by atoms with Crippen LogP contribution in [-0.4, -0.2) is 41.8 Å². The van der Waals surface area contributed by atoms with Crippen LogP contribution in [0.2, 0.25) is 5.02 Å². The van der Waals surface area contributed by atoms with Gasteiger partial charge in [0.1, 0.15) is 11.7 Å². The third-order valence-corrected chi connectivity index (χ3v) is 3.37. The lowest BCUT2D eigenvalue weighted by atomic mass is 10.2. The van der Waals surface area contributed by atoms with E-state index in [-0.39, 0.29) is 11.6 Å². The molecule has 0 saturated carbocycles. The number of carbonyl (C=O) groups excluding carboxylic acids is 2. The molecule has 1 unspecified atom stereocenters. The van der Waals surface area contributed by atoms with Gasteiger partial charge in [0.25, 0.3) is 5.91 Å². The summed E-state index contributed by atoms with van der Waals surface area (Å²) in [5.41, 5.74) is 0.832. The van der Waals surface area contributed by atoms with Gasteiger partial charge in [-0.25, -0.2) is 4.98 Å². The summed E-state index contributed by atoms with van der Waals surface area (Å²) >= 11 is 6.16. The van der Waals surface area contributed by atoms with Crippen LogP contribution in [0.15, 0.2) is 30.3 Å². The lowest BCUT2D eigenvalue weighted by molar-refractivity contribution is -0.130. The monoisotopic (exact) mass is 305 g/mol. The molecule has 1 aromatic carbocycles. The average Bonchev–Trinajstić information content (AvgIpc) is 2.46. The molecule has 21 heavy (non-hydrogen) atoms. The van der Waals surface area contributed by atoms with Crippen molar-refractivity contribution in [3.63, 3.8) is 0 Å². The Kier molecular flexibility index (Phi) is 4.43. The molecule has 2 amide bonds. The van der Waals surface area contributed by atoms with Gasteiger partial charge in [0, 0.05) is 19.5 Å². The Hall–Kier alpha value is -2.14. The van der Waals surface area contributed by atoms with Gasteiger partial charge in [-0.3, -0.25) is 9.59 Å². The first-order valence-corrected chi connectivity index (χ1v) is 6.85. The normalized spacial score (nSPS) is 12.0. The second-order valence-electron chi connectivity index (χ2n) is 4.93. The maximum Gasteiger partial charge on any atom is 0.270 e. The number of likely N-dealkylation sites (N-methyl/N-ethyl adjacent to an activating group) is 1. The predicted molar refractivity (Wildman–Crippen MR) is 82.4 cm³/mol. The zero-order valence-electron chi connectivity index (χ0n) is 12.1. The Morgan fingerprint density at radius 2 is 1.95 bits per heavy atom. The van der Waals surface area contributed by atoms with Crippen LogP contribution in [0.4, 0.5) is 0 Å². The highest BCUT2D eigenvalue weighted by Crippen LogP contribution is 2.22. The third-order valence-electron chi connectivity index (χ3n) is 3.06. The number of nitrogens with zero attached hydrogens (tertiary/aromatic N) is 2. The van der Waals surface area contributed by atoms with Gasteiger partial charge in [-0.2, -0.15) is 0 Å². The van der Waals surface area contributed by atoms with Gasteiger partial charge in [-0.15, -0.1) is 0 Å². The summed E-state index contributed by atoms with van der Waals surface area (Å²) in [6.45, 7) is 1.63. The molecule has 0 aliphatic carbocycles. The summed E-state index contributed by atoms with van der Waals surface area (Å²) in [6.07, 6.45) is 0. The Morgan fingerprint density at radius 3 is 2.62 bits per heavy atom. The maximum atomic E-state index is 12.2. The van der Waals surface area contributed by atoms with E-state index < -0.39 is 11.9 Å². The van der Waals surface area contributed by atoms with Crippen LogP contribution in [0.3, 0.4) is 0 Å². The van der Waals surface area contributed by atoms with Gasteiger partial charge in [0.2, 0.25) is 5.91 Å². The SMILES string of the molecule is CC(NC(=O)c1cc(Cl)c2ccccc2n1)C(=O)N(C)C. The Morgan fingerprint density at radius 1 is 1.29 bits per heavy atom. The van der Waals surface area contributed by atoms with Crippen LogP contribution in [0, 0.1) is 0 Å². The number of hydrogen-bond acceptors (Lipinski definition) is 3. The summed E-state index contributed by atoms with van der Waals surface area (Å²) in [7, 11) is 3.27. The molecule has 1 heterocycles. The summed E-state index contributed by atoms with van der Waals surface area (Å²) < 4.78 is 0. The first-order chi connectivity index (χ1) is 9.90. The number of hydrogen-bond donors (Lipinski definition) is 1. The third kappa shape index (κ3) is 3.31. The van der Waals surface area contributed by atoms with Crippen molar-refractivity contribution in [1.29, 1.82) is 0 Å². The minimum atomic E-state index is -0.625. The molecular weight excluding hydrogens is 290 g/mol. The van der Waals surface area contributed by atoms with E-state index in [4.69, 9.17) is 11.6 Å². The van der Waals surface area contributed by atoms with E-state index in [1.165, 1.54) is 11.0 Å². The highest BCUT2D eigenvalue weighted by Gasteiger charge is 2.19. The van der Waals surface area contributed by atoms with Crippen molar-refractivity contribution in [2.24, 2.45) is 0 Å². The second kappa shape index (κ2) is 6.10. The number of para-hydroxylation sites is 1. The van der Waals surface area contributed by atoms with Gasteiger partial charge in [-0.1, -0.05) is 29.8 Å². The summed E-state index contributed by atoms with van der Waals surface area (Å²) in [6, 6.07) is 8.18. The highest BCUT2D eigenvalue weighted by atomic mass is 35.5. The summed E-state index contributed by atoms with van der Waals surface area (Å²) in [5.74, 6) is -0.611. The molecular formula is C15H16ClN3O2. The minimum absolute atomic E-state index is 0.185. The number of amides is 2. The number of halogens is 1. The van der Waals surface area contributed by atoms with Crippen LogP contribution >= 0.6 is 11.6 Å². The maximum absolute atomic E-state index is 12.2. The molecule has 0 radical (unpaired) electrons. The lowest BCUT2D eigenvalue weighted by Gasteiger charge is -2.17. The molecule has 1 N–H and O–H groups in total. The van der Waals surface area contributed by atoms with E-state index in [0.29, 0.717) is 10.5 Å². The molecule has 0 saturated heterocycles. The first kappa shape index (κ1) is 15.3. The fraction of sp³-hybridized carbons (Fsp3) is 0.267. The molecule has 2 rings (SSSR count). The Balaban J connectivity index is 2.26. The zero-order chi connectivity index (χ0) is 15.6. The van der Waals surface area contributed by atoms with Crippen molar-refractivity contribution in [3.05, 3.63) is 41.0 Å². The van der Waals surface area contributed by atoms with Gasteiger partial charge >= 0.3 is 0 Å². The molecule has 0 fully saturated rings. The van der Waals surface area contributed by atoms with Crippen molar-refractivity contribution in [3.8, 4) is 0 Å². The van der Waals surface area contributed by atoms with Crippen LogP contribution in [0.25, 0.3) is 10.9 Å². The van der Waals surface area contributed by atoms with E-state index >= 15 is 0 Å². The number of carbonyl (C=O) groups is 2. The van der Waals surface area contributed by atoms with Crippen molar-refractivity contribution < 1.29 is 9.59 Å². The number of aromatic nitrogens is 1. The summed E-state index contributed by atoms with van der Waals surface area (Å²) in [5, 5.41) is 3.86. The second-order valence-corrected chi connectivity index (χ2v) is 5.34. The molecule has 0 bridgehead atoms. The van der Waals surface area contributed by atoms with Crippen LogP contribution < -0.4 is 5.32 Å². The van der Waals surface area contributed by atoms with Gasteiger partial charge in [0.05, 0.1) is 10.5 Å². The van der Waals surface area contributed by atoms with Crippen molar-refractivity contribution in [2.45, 2.75) is 13.0 Å². The lowest BCUT2D eigenvalue weighted by Crippen LogP contribution is -2.44. The molecule has 6 heteroatoms. The average molecular weight is 306 g/mol. The van der Waals surface area contributed by atoms with E-state index in [1.807, 2.05) is 18.2 Å². The van der Waals surface area contributed by atoms with Crippen molar-refractivity contribution >= 4 is 34.3 Å². The highest BCUT2D eigenvalue weighted by molar-refractivity contribution is 6.35. The van der Waals surface area contributed by atoms with Crippen molar-refractivity contribution in [2.75, 3.05) is 14.1 Å². The first-order valence-electron chi connectivity index (χ1n) is 6.47. The summed E-state index contributed by atoms with van der Waals surface area (Å²) in [4.78, 5) is 29.6. The van der Waals surface area contributed by atoms with Gasteiger partial charge in [-0.05, 0) is 19.1 Å².